The van der Waals surface area contributed by atoms with Crippen molar-refractivity contribution in [2.24, 2.45) is 4.40 Å². The van der Waals surface area contributed by atoms with Gasteiger partial charge in [-0.15, -0.1) is 0 Å². The Bertz CT molecular complexity index is 355. The van der Waals surface area contributed by atoms with E-state index in [0.29, 0.717) is 0 Å². The molecule has 0 fully saturated rings. The average molecular weight is 237 g/mol. The Morgan fingerprint density at radius 2 is 2.12 bits per heavy atom. The topological polar surface area (TPSA) is 21.6 Å². The maximum atomic E-state index is 5.17. The zero-order chi connectivity index (χ0) is 12.0. The Hall–Kier alpha value is -0.960. The highest BCUT2D eigenvalue weighted by atomic mass is 32.2. The largest absolute Gasteiger partial charge is 0.497 e. The van der Waals surface area contributed by atoms with Crippen LogP contribution < -0.4 is 4.74 Å². The Balaban J connectivity index is 2.48. The van der Waals surface area contributed by atoms with Gasteiger partial charge in [-0.3, -0.25) is 0 Å². The van der Waals surface area contributed by atoms with Crippen molar-refractivity contribution in [2.45, 2.75) is 31.9 Å². The van der Waals surface area contributed by atoms with Gasteiger partial charge in [0.2, 0.25) is 0 Å². The first-order chi connectivity index (χ1) is 7.51. The van der Waals surface area contributed by atoms with E-state index in [9.17, 15) is 0 Å². The zero-order valence-corrected chi connectivity index (χ0v) is 11.2. The van der Waals surface area contributed by atoms with Gasteiger partial charge in [0.25, 0.3) is 0 Å². The fourth-order valence-corrected chi connectivity index (χ4v) is 1.60. The highest BCUT2D eigenvalue weighted by Crippen LogP contribution is 2.23. The van der Waals surface area contributed by atoms with Crippen LogP contribution in [0.1, 0.15) is 26.3 Å². The molecule has 0 N–H and O–H groups in total. The maximum Gasteiger partial charge on any atom is 0.119 e. The van der Waals surface area contributed by atoms with E-state index in [0.717, 1.165) is 12.2 Å². The lowest BCUT2D eigenvalue weighted by Gasteiger charge is -2.12. The summed E-state index contributed by atoms with van der Waals surface area (Å²) in [5.41, 5.74) is 1.22. The first-order valence-electron chi connectivity index (χ1n) is 5.34. The molecule has 88 valence electrons. The third kappa shape index (κ3) is 5.21. The van der Waals surface area contributed by atoms with Gasteiger partial charge in [-0.1, -0.05) is 12.1 Å². The SMILES string of the molecule is COc1cccc(CC=NSC(C)(C)C)c1. The maximum absolute atomic E-state index is 5.17. The molecule has 0 aliphatic carbocycles. The highest BCUT2D eigenvalue weighted by Gasteiger charge is 2.08. The monoisotopic (exact) mass is 237 g/mol. The lowest BCUT2D eigenvalue weighted by Crippen LogP contribution is -2.05. The molecule has 3 heteroatoms. The van der Waals surface area contributed by atoms with Crippen molar-refractivity contribution >= 4 is 18.2 Å². The van der Waals surface area contributed by atoms with Crippen LogP contribution in [0.4, 0.5) is 0 Å². The molecule has 0 unspecified atom stereocenters. The second-order valence-electron chi connectivity index (χ2n) is 4.55. The summed E-state index contributed by atoms with van der Waals surface area (Å²) in [6.45, 7) is 6.46. The van der Waals surface area contributed by atoms with Crippen molar-refractivity contribution in [2.75, 3.05) is 7.11 Å². The Kier molecular flexibility index (Phi) is 4.87. The second-order valence-corrected chi connectivity index (χ2v) is 6.17. The van der Waals surface area contributed by atoms with Crippen LogP contribution in [0.15, 0.2) is 28.7 Å². The number of methoxy groups -OCH3 is 1. The van der Waals surface area contributed by atoms with Gasteiger partial charge in [-0.05, 0) is 50.4 Å². The molecule has 1 rings (SSSR count). The number of benzene rings is 1. The van der Waals surface area contributed by atoms with Gasteiger partial charge in [0.05, 0.1) is 7.11 Å². The molecule has 0 amide bonds. The molecule has 1 aromatic carbocycles. The molecule has 16 heavy (non-hydrogen) atoms. The third-order valence-electron chi connectivity index (χ3n) is 1.86. The predicted molar refractivity (Wildman–Crippen MR) is 72.5 cm³/mol. The average Bonchev–Trinajstić information content (AvgIpc) is 2.23. The Morgan fingerprint density at radius 1 is 1.38 bits per heavy atom. The fourth-order valence-electron chi connectivity index (χ4n) is 1.14. The molecular weight excluding hydrogens is 218 g/mol. The van der Waals surface area contributed by atoms with Crippen LogP contribution in [0.25, 0.3) is 0 Å². The molecule has 0 aromatic heterocycles. The Labute approximate surface area is 102 Å². The molecule has 2 nitrogen and oxygen atoms in total. The lowest BCUT2D eigenvalue weighted by molar-refractivity contribution is 0.414. The van der Waals surface area contributed by atoms with Crippen molar-refractivity contribution in [3.63, 3.8) is 0 Å². The summed E-state index contributed by atoms with van der Waals surface area (Å²) in [6, 6.07) is 8.06. The Morgan fingerprint density at radius 3 is 2.75 bits per heavy atom. The van der Waals surface area contributed by atoms with E-state index in [2.05, 4.69) is 31.2 Å². The first kappa shape index (κ1) is 13.1. The summed E-state index contributed by atoms with van der Waals surface area (Å²) in [5, 5.41) is 0. The molecule has 0 heterocycles. The van der Waals surface area contributed by atoms with E-state index in [4.69, 9.17) is 4.74 Å². The number of ether oxygens (including phenoxy) is 1. The predicted octanol–water partition coefficient (Wildman–Crippen LogP) is 3.76. The van der Waals surface area contributed by atoms with Crippen molar-refractivity contribution in [1.29, 1.82) is 0 Å². The first-order valence-corrected chi connectivity index (χ1v) is 6.11. The van der Waals surface area contributed by atoms with Crippen molar-refractivity contribution < 1.29 is 4.74 Å². The van der Waals surface area contributed by atoms with Crippen LogP contribution >= 0.6 is 11.9 Å². The summed E-state index contributed by atoms with van der Waals surface area (Å²) >= 11 is 1.60. The molecule has 1 aromatic rings. The molecule has 0 bridgehead atoms. The number of nitrogens with zero attached hydrogens (tertiary/aromatic N) is 1. The molecule has 0 spiro atoms. The summed E-state index contributed by atoms with van der Waals surface area (Å²) in [7, 11) is 1.68. The molecule has 0 aliphatic heterocycles. The van der Waals surface area contributed by atoms with E-state index < -0.39 is 0 Å². The quantitative estimate of drug-likeness (QED) is 0.587. The molecule has 0 saturated heterocycles. The van der Waals surface area contributed by atoms with Crippen LogP contribution in [0, 0.1) is 0 Å². The smallest absolute Gasteiger partial charge is 0.119 e. The minimum absolute atomic E-state index is 0.185. The van der Waals surface area contributed by atoms with E-state index >= 15 is 0 Å². The van der Waals surface area contributed by atoms with Gasteiger partial charge in [-0.25, -0.2) is 4.40 Å². The molecule has 0 saturated carbocycles. The van der Waals surface area contributed by atoms with Gasteiger partial charge in [0.1, 0.15) is 5.75 Å². The van der Waals surface area contributed by atoms with Gasteiger partial charge >= 0.3 is 0 Å². The highest BCUT2D eigenvalue weighted by molar-refractivity contribution is 7.99. The number of rotatable bonds is 4. The van der Waals surface area contributed by atoms with Gasteiger partial charge in [-0.2, -0.15) is 0 Å². The van der Waals surface area contributed by atoms with E-state index in [1.165, 1.54) is 5.56 Å². The normalized spacial score (nSPS) is 12.0. The summed E-state index contributed by atoms with van der Waals surface area (Å²) in [5.74, 6) is 0.898. The fraction of sp³-hybridized carbons (Fsp3) is 0.462. The number of hydrogen-bond donors (Lipinski definition) is 0. The summed E-state index contributed by atoms with van der Waals surface area (Å²) in [6.07, 6.45) is 2.80. The third-order valence-corrected chi connectivity index (χ3v) is 2.66. The minimum Gasteiger partial charge on any atom is -0.497 e. The zero-order valence-electron chi connectivity index (χ0n) is 10.4. The van der Waals surface area contributed by atoms with Gasteiger partial charge < -0.3 is 4.74 Å². The van der Waals surface area contributed by atoms with E-state index in [1.807, 2.05) is 24.4 Å². The van der Waals surface area contributed by atoms with E-state index in [1.54, 1.807) is 19.1 Å². The lowest BCUT2D eigenvalue weighted by atomic mass is 10.1. The molecular formula is C13H19NOS. The standard InChI is InChI=1S/C13H19NOS/c1-13(2,3)16-14-9-8-11-6-5-7-12(10-11)15-4/h5-7,9-10H,8H2,1-4H3. The van der Waals surface area contributed by atoms with Crippen LogP contribution in [0.2, 0.25) is 0 Å². The van der Waals surface area contributed by atoms with Crippen LogP contribution in [-0.2, 0) is 6.42 Å². The number of hydrogen-bond acceptors (Lipinski definition) is 3. The minimum atomic E-state index is 0.185. The van der Waals surface area contributed by atoms with Crippen LogP contribution in [0.5, 0.6) is 5.75 Å². The van der Waals surface area contributed by atoms with Gasteiger partial charge in [0.15, 0.2) is 0 Å². The molecule has 0 atom stereocenters. The van der Waals surface area contributed by atoms with Crippen molar-refractivity contribution in [3.05, 3.63) is 29.8 Å². The summed E-state index contributed by atoms with van der Waals surface area (Å²) < 4.78 is 9.70. The molecule has 0 radical (unpaired) electrons. The van der Waals surface area contributed by atoms with Crippen molar-refractivity contribution in [1.82, 2.24) is 0 Å². The van der Waals surface area contributed by atoms with Crippen LogP contribution in [0.3, 0.4) is 0 Å². The summed E-state index contributed by atoms with van der Waals surface area (Å²) in [4.78, 5) is 0. The van der Waals surface area contributed by atoms with E-state index in [-0.39, 0.29) is 4.75 Å². The van der Waals surface area contributed by atoms with Gasteiger partial charge in [0, 0.05) is 17.4 Å². The van der Waals surface area contributed by atoms with Crippen molar-refractivity contribution in [3.8, 4) is 5.75 Å². The molecule has 0 aliphatic rings. The van der Waals surface area contributed by atoms with Crippen LogP contribution in [-0.4, -0.2) is 18.1 Å². The second kappa shape index (κ2) is 5.94.